The van der Waals surface area contributed by atoms with E-state index < -0.39 is 7.55 Å². The summed E-state index contributed by atoms with van der Waals surface area (Å²) in [6, 6.07) is 0. The van der Waals surface area contributed by atoms with Crippen LogP contribution < -0.4 is 0 Å². The highest BCUT2D eigenvalue weighted by Gasteiger charge is 2.23. The first-order chi connectivity index (χ1) is 5.38. The molecule has 62 valence electrons. The van der Waals surface area contributed by atoms with Gasteiger partial charge in [-0.2, -0.15) is 0 Å². The van der Waals surface area contributed by atoms with E-state index in [-0.39, 0.29) is 5.97 Å². The molecule has 2 aliphatic rings. The number of cyclic esters (lactones) is 1. The highest BCUT2D eigenvalue weighted by molar-refractivity contribution is 7.61. The molecular weight excluding hydrogens is 159 g/mol. The van der Waals surface area contributed by atoms with Crippen molar-refractivity contribution in [1.29, 1.82) is 0 Å². The van der Waals surface area contributed by atoms with Gasteiger partial charge in [0.1, 0.15) is 0 Å². The summed E-state index contributed by atoms with van der Waals surface area (Å²) >= 11 is 0. The van der Waals surface area contributed by atoms with Crippen LogP contribution in [0, 0.1) is 0 Å². The first-order valence-corrected chi connectivity index (χ1v) is 6.17. The van der Waals surface area contributed by atoms with Gasteiger partial charge in [0.15, 0.2) is 0 Å². The summed E-state index contributed by atoms with van der Waals surface area (Å²) in [5.74, 6) is 0.0285. The van der Waals surface area contributed by atoms with Crippen molar-refractivity contribution in [3.63, 3.8) is 0 Å². The number of rotatable bonds is 0. The second-order valence-corrected chi connectivity index (χ2v) is 5.99. The molecule has 11 heavy (non-hydrogen) atoms. The molecule has 2 aliphatic heterocycles. The van der Waals surface area contributed by atoms with Crippen LogP contribution >= 0.6 is 7.55 Å². The Morgan fingerprint density at radius 2 is 2.00 bits per heavy atom. The molecule has 2 saturated heterocycles. The van der Waals surface area contributed by atoms with Crippen LogP contribution in [0.1, 0.15) is 19.3 Å². The highest BCUT2D eigenvalue weighted by atomic mass is 31.1. The zero-order valence-corrected chi connectivity index (χ0v) is 7.56. The molecule has 0 amide bonds. The number of ether oxygens (including phenoxy) is 1. The van der Waals surface area contributed by atoms with Gasteiger partial charge in [-0.25, -0.2) is 4.79 Å². The summed E-state index contributed by atoms with van der Waals surface area (Å²) in [5.41, 5.74) is 0. The van der Waals surface area contributed by atoms with Crippen molar-refractivity contribution < 1.29 is 9.53 Å². The van der Waals surface area contributed by atoms with Gasteiger partial charge in [0.05, 0.1) is 6.61 Å². The van der Waals surface area contributed by atoms with Crippen LogP contribution in [0.4, 0.5) is 0 Å². The molecular formula is C8H13O2P. The first kappa shape index (κ1) is 7.42. The first-order valence-electron chi connectivity index (χ1n) is 4.26. The molecule has 0 unspecified atom stereocenters. The number of carbonyl (C=O) groups excluding carboxylic acids is 1. The summed E-state index contributed by atoms with van der Waals surface area (Å²) in [7, 11) is -0.396. The lowest BCUT2D eigenvalue weighted by atomic mass is 10.4. The third kappa shape index (κ3) is 1.37. The van der Waals surface area contributed by atoms with Crippen molar-refractivity contribution in [2.24, 2.45) is 0 Å². The molecule has 0 radical (unpaired) electrons. The molecule has 0 aliphatic carbocycles. The molecule has 2 fully saturated rings. The van der Waals surface area contributed by atoms with Crippen molar-refractivity contribution in [2.45, 2.75) is 19.3 Å². The van der Waals surface area contributed by atoms with Crippen LogP contribution in [0.2, 0.25) is 0 Å². The van der Waals surface area contributed by atoms with E-state index in [1.54, 1.807) is 0 Å². The Morgan fingerprint density at radius 3 is 2.55 bits per heavy atom. The fourth-order valence-electron chi connectivity index (χ4n) is 1.86. The summed E-state index contributed by atoms with van der Waals surface area (Å²) in [6.45, 7) is 0.655. The average molecular weight is 172 g/mol. The lowest BCUT2D eigenvalue weighted by Crippen LogP contribution is -2.05. The van der Waals surface area contributed by atoms with Gasteiger partial charge in [-0.05, 0) is 25.2 Å². The third-order valence-corrected chi connectivity index (χ3v) is 5.69. The number of carbonyl (C=O) groups is 1. The standard InChI is InChI=1S/C8H13O2P/c9-8-7(3-4-10-8)11-5-1-2-6-11/h11H,1-6H2. The van der Waals surface area contributed by atoms with Crippen LogP contribution in [0.3, 0.4) is 0 Å². The Morgan fingerprint density at radius 1 is 1.27 bits per heavy atom. The number of hydrogen-bond acceptors (Lipinski definition) is 2. The molecule has 0 spiro atoms. The fraction of sp³-hybridized carbons (Fsp3) is 0.750. The van der Waals surface area contributed by atoms with Gasteiger partial charge in [0.2, 0.25) is 0 Å². The lowest BCUT2D eigenvalue weighted by Gasteiger charge is -1.98. The van der Waals surface area contributed by atoms with E-state index in [9.17, 15) is 4.79 Å². The van der Waals surface area contributed by atoms with E-state index in [0.29, 0.717) is 6.61 Å². The van der Waals surface area contributed by atoms with E-state index in [2.05, 4.69) is 0 Å². The summed E-state index contributed by atoms with van der Waals surface area (Å²) in [5, 5.41) is 1.17. The quantitative estimate of drug-likeness (QED) is 0.404. The maximum absolute atomic E-state index is 11.1. The molecule has 0 aromatic rings. The zero-order chi connectivity index (χ0) is 7.68. The minimum Gasteiger partial charge on any atom is -0.462 e. The molecule has 3 heteroatoms. The molecule has 0 atom stereocenters. The van der Waals surface area contributed by atoms with Gasteiger partial charge >= 0.3 is 5.97 Å². The van der Waals surface area contributed by atoms with E-state index in [1.165, 1.54) is 30.5 Å². The van der Waals surface area contributed by atoms with Crippen LogP contribution in [0.25, 0.3) is 0 Å². The normalized spacial score (nSPS) is 26.2. The van der Waals surface area contributed by atoms with Gasteiger partial charge in [-0.3, -0.25) is 0 Å². The number of hydrogen-bond donors (Lipinski definition) is 0. The predicted octanol–water partition coefficient (Wildman–Crippen LogP) is 1.11. The van der Waals surface area contributed by atoms with Crippen molar-refractivity contribution in [3.8, 4) is 0 Å². The van der Waals surface area contributed by atoms with Gasteiger partial charge in [0.25, 0.3) is 0 Å². The smallest absolute Gasteiger partial charge is 0.333 e. The maximum atomic E-state index is 11.1. The Bertz CT molecular complexity index is 212. The van der Waals surface area contributed by atoms with Crippen LogP contribution in [-0.2, 0) is 9.53 Å². The summed E-state index contributed by atoms with van der Waals surface area (Å²) in [4.78, 5) is 11.1. The van der Waals surface area contributed by atoms with Crippen molar-refractivity contribution in [2.75, 3.05) is 18.9 Å². The fourth-order valence-corrected chi connectivity index (χ4v) is 4.88. The molecule has 0 aromatic heterocycles. The summed E-state index contributed by atoms with van der Waals surface area (Å²) < 4.78 is 4.93. The van der Waals surface area contributed by atoms with Gasteiger partial charge in [-0.1, -0.05) is 0 Å². The Balaban J connectivity index is 2.23. The van der Waals surface area contributed by atoms with E-state index in [0.717, 1.165) is 6.42 Å². The van der Waals surface area contributed by atoms with Gasteiger partial charge < -0.3 is 4.74 Å². The number of esters is 1. The molecule has 0 N–H and O–H groups in total. The van der Waals surface area contributed by atoms with Crippen molar-refractivity contribution in [1.82, 2.24) is 0 Å². The van der Waals surface area contributed by atoms with Gasteiger partial charge in [-0.15, -0.1) is 7.55 Å². The molecule has 0 saturated carbocycles. The highest BCUT2D eigenvalue weighted by Crippen LogP contribution is 2.37. The van der Waals surface area contributed by atoms with Crippen LogP contribution in [0.5, 0.6) is 0 Å². The SMILES string of the molecule is O=C1OCCC1=[PH]1CCCC1. The average Bonchev–Trinajstić information content (AvgIpc) is 2.55. The van der Waals surface area contributed by atoms with Crippen LogP contribution in [0.15, 0.2) is 0 Å². The minimum absolute atomic E-state index is 0.0285. The topological polar surface area (TPSA) is 26.3 Å². The van der Waals surface area contributed by atoms with Crippen molar-refractivity contribution >= 4 is 18.8 Å². The lowest BCUT2D eigenvalue weighted by molar-refractivity contribution is -0.132. The van der Waals surface area contributed by atoms with Crippen molar-refractivity contribution in [3.05, 3.63) is 0 Å². The molecule has 2 rings (SSSR count). The second kappa shape index (κ2) is 3.02. The molecule has 0 bridgehead atoms. The second-order valence-electron chi connectivity index (χ2n) is 3.18. The van der Waals surface area contributed by atoms with E-state index in [4.69, 9.17) is 4.74 Å². The van der Waals surface area contributed by atoms with E-state index >= 15 is 0 Å². The largest absolute Gasteiger partial charge is 0.462 e. The van der Waals surface area contributed by atoms with Gasteiger partial charge in [0, 0.05) is 11.7 Å². The predicted molar refractivity (Wildman–Crippen MR) is 47.9 cm³/mol. The Labute approximate surface area is 67.3 Å². The molecule has 0 aromatic carbocycles. The monoisotopic (exact) mass is 172 g/mol. The van der Waals surface area contributed by atoms with E-state index in [1.807, 2.05) is 0 Å². The Hall–Kier alpha value is -0.230. The zero-order valence-electron chi connectivity index (χ0n) is 6.56. The minimum atomic E-state index is -0.396. The maximum Gasteiger partial charge on any atom is 0.333 e. The Kier molecular flexibility index (Phi) is 2.04. The third-order valence-electron chi connectivity index (χ3n) is 2.47. The van der Waals surface area contributed by atoms with Crippen LogP contribution in [-0.4, -0.2) is 30.2 Å². The molecule has 2 heterocycles. The molecule has 2 nitrogen and oxygen atoms in total. The summed E-state index contributed by atoms with van der Waals surface area (Å²) in [6.07, 6.45) is 6.24.